The number of pyridine rings is 1. The Morgan fingerprint density at radius 2 is 1.58 bits per heavy atom. The molecular formula is C29H20ClF2N3O. The summed E-state index contributed by atoms with van der Waals surface area (Å²) in [5.41, 5.74) is 3.10. The van der Waals surface area contributed by atoms with Gasteiger partial charge in [-0.15, -0.1) is 0 Å². The number of para-hydroxylation sites is 1. The number of hydrogen-bond acceptors (Lipinski definition) is 2. The molecule has 0 aliphatic heterocycles. The number of nitrogens with zero attached hydrogens (tertiary/aromatic N) is 2. The lowest BCUT2D eigenvalue weighted by atomic mass is 10.1. The summed E-state index contributed by atoms with van der Waals surface area (Å²) in [7, 11) is 0. The first-order valence-corrected chi connectivity index (χ1v) is 11.6. The van der Waals surface area contributed by atoms with E-state index in [1.54, 1.807) is 6.07 Å². The van der Waals surface area contributed by atoms with Crippen LogP contribution in [0.15, 0.2) is 103 Å². The zero-order valence-electron chi connectivity index (χ0n) is 19.0. The molecule has 2 amide bonds. The highest BCUT2D eigenvalue weighted by molar-refractivity contribution is 6.33. The molecule has 0 bridgehead atoms. The molecule has 0 aliphatic rings. The van der Waals surface area contributed by atoms with E-state index in [0.29, 0.717) is 22.0 Å². The monoisotopic (exact) mass is 499 g/mol. The number of rotatable bonds is 5. The van der Waals surface area contributed by atoms with Crippen LogP contribution in [-0.4, -0.2) is 11.0 Å². The molecule has 0 unspecified atom stereocenters. The summed E-state index contributed by atoms with van der Waals surface area (Å²) >= 11 is 6.55. The van der Waals surface area contributed by atoms with Gasteiger partial charge >= 0.3 is 6.03 Å². The molecule has 1 heterocycles. The molecule has 4 aromatic carbocycles. The lowest BCUT2D eigenvalue weighted by Crippen LogP contribution is -2.35. The molecule has 0 aliphatic carbocycles. The van der Waals surface area contributed by atoms with Gasteiger partial charge in [0.05, 0.1) is 34.2 Å². The molecule has 0 spiro atoms. The molecule has 178 valence electrons. The molecule has 1 aromatic heterocycles. The number of carbonyl (C=O) groups excluding carboxylic acids is 1. The maximum Gasteiger partial charge on any atom is 0.326 e. The molecule has 0 radical (unpaired) electrons. The highest BCUT2D eigenvalue weighted by atomic mass is 35.5. The van der Waals surface area contributed by atoms with Crippen molar-refractivity contribution in [2.75, 3.05) is 10.2 Å². The van der Waals surface area contributed by atoms with Crippen LogP contribution < -0.4 is 10.2 Å². The number of hydrogen-bond donors (Lipinski definition) is 1. The van der Waals surface area contributed by atoms with Crippen LogP contribution in [0.4, 0.5) is 25.0 Å². The Kier molecular flexibility index (Phi) is 6.60. The smallest absolute Gasteiger partial charge is 0.305 e. The Morgan fingerprint density at radius 1 is 0.861 bits per heavy atom. The first kappa shape index (κ1) is 23.5. The zero-order chi connectivity index (χ0) is 25.1. The average molecular weight is 500 g/mol. The number of urea groups is 1. The van der Waals surface area contributed by atoms with Crippen LogP contribution in [0, 0.1) is 11.6 Å². The summed E-state index contributed by atoms with van der Waals surface area (Å²) in [5.74, 6) is -1.60. The van der Waals surface area contributed by atoms with Crippen LogP contribution in [0.2, 0.25) is 5.02 Å². The van der Waals surface area contributed by atoms with Crippen LogP contribution in [0.5, 0.6) is 0 Å². The van der Waals surface area contributed by atoms with E-state index in [1.807, 2.05) is 78.9 Å². The summed E-state index contributed by atoms with van der Waals surface area (Å²) in [6.07, 6.45) is 0. The van der Waals surface area contributed by atoms with E-state index in [2.05, 4.69) is 5.32 Å². The number of fused-ring (bicyclic) bond motifs is 1. The van der Waals surface area contributed by atoms with E-state index in [4.69, 9.17) is 16.6 Å². The Hall–Kier alpha value is -4.29. The van der Waals surface area contributed by atoms with Crippen LogP contribution in [-0.2, 0) is 6.54 Å². The van der Waals surface area contributed by atoms with Gasteiger partial charge in [0.1, 0.15) is 11.6 Å². The first-order chi connectivity index (χ1) is 17.5. The van der Waals surface area contributed by atoms with Crippen molar-refractivity contribution in [1.29, 1.82) is 0 Å². The predicted molar refractivity (Wildman–Crippen MR) is 140 cm³/mol. The van der Waals surface area contributed by atoms with E-state index in [0.717, 1.165) is 28.6 Å². The Labute approximate surface area is 211 Å². The fraction of sp³-hybridized carbons (Fsp3) is 0.0345. The van der Waals surface area contributed by atoms with Crippen molar-refractivity contribution < 1.29 is 13.6 Å². The van der Waals surface area contributed by atoms with Gasteiger partial charge in [-0.25, -0.2) is 18.6 Å². The molecule has 5 aromatic rings. The predicted octanol–water partition coefficient (Wildman–Crippen LogP) is 8.07. The first-order valence-electron chi connectivity index (χ1n) is 11.2. The summed E-state index contributed by atoms with van der Waals surface area (Å²) in [6.45, 7) is 0.174. The number of benzene rings is 4. The molecular weight excluding hydrogens is 480 g/mol. The van der Waals surface area contributed by atoms with Gasteiger partial charge in [-0.05, 0) is 35.9 Å². The van der Waals surface area contributed by atoms with Crippen molar-refractivity contribution in [1.82, 2.24) is 4.98 Å². The van der Waals surface area contributed by atoms with Gasteiger partial charge in [0, 0.05) is 17.0 Å². The molecule has 7 heteroatoms. The number of amides is 2. The minimum Gasteiger partial charge on any atom is -0.305 e. The number of halogens is 3. The van der Waals surface area contributed by atoms with Crippen molar-refractivity contribution in [3.8, 4) is 11.3 Å². The minimum atomic E-state index is -0.869. The summed E-state index contributed by atoms with van der Waals surface area (Å²) in [6, 6.07) is 28.5. The van der Waals surface area contributed by atoms with Gasteiger partial charge in [-0.1, -0.05) is 78.3 Å². The van der Waals surface area contributed by atoms with Crippen LogP contribution in [0.25, 0.3) is 22.2 Å². The van der Waals surface area contributed by atoms with Crippen LogP contribution in [0.1, 0.15) is 5.56 Å². The molecule has 36 heavy (non-hydrogen) atoms. The molecule has 5 rings (SSSR count). The second-order valence-electron chi connectivity index (χ2n) is 8.15. The van der Waals surface area contributed by atoms with Gasteiger partial charge in [0.2, 0.25) is 0 Å². The lowest BCUT2D eigenvalue weighted by Gasteiger charge is -2.26. The molecule has 0 saturated carbocycles. The Balaban J connectivity index is 1.67. The van der Waals surface area contributed by atoms with Crippen molar-refractivity contribution >= 4 is 39.9 Å². The van der Waals surface area contributed by atoms with E-state index >= 15 is 0 Å². The Bertz CT molecular complexity index is 1560. The molecule has 1 N–H and O–H groups in total. The normalized spacial score (nSPS) is 10.9. The summed E-state index contributed by atoms with van der Waals surface area (Å²) in [5, 5.41) is 3.88. The number of nitrogens with one attached hydrogen (secondary N) is 1. The maximum atomic E-state index is 14.4. The second kappa shape index (κ2) is 10.1. The van der Waals surface area contributed by atoms with E-state index < -0.39 is 17.7 Å². The molecule has 0 fully saturated rings. The van der Waals surface area contributed by atoms with Gasteiger partial charge < -0.3 is 5.32 Å². The highest BCUT2D eigenvalue weighted by Gasteiger charge is 2.24. The van der Waals surface area contributed by atoms with E-state index in [9.17, 15) is 13.6 Å². The van der Waals surface area contributed by atoms with Crippen molar-refractivity contribution in [2.24, 2.45) is 0 Å². The van der Waals surface area contributed by atoms with E-state index in [-0.39, 0.29) is 12.2 Å². The van der Waals surface area contributed by atoms with Crippen LogP contribution in [0.3, 0.4) is 0 Å². The van der Waals surface area contributed by atoms with Crippen molar-refractivity contribution in [3.05, 3.63) is 125 Å². The zero-order valence-corrected chi connectivity index (χ0v) is 19.7. The topological polar surface area (TPSA) is 45.2 Å². The third-order valence-electron chi connectivity index (χ3n) is 5.73. The fourth-order valence-corrected chi connectivity index (χ4v) is 4.19. The SMILES string of the molecule is O=C(Nc1ccc(F)cc1F)N(Cc1ccccc1)c1cc2ccccc2nc1-c1ccccc1Cl. The van der Waals surface area contributed by atoms with Gasteiger partial charge in [-0.2, -0.15) is 0 Å². The summed E-state index contributed by atoms with van der Waals surface area (Å²) < 4.78 is 27.8. The Morgan fingerprint density at radius 3 is 2.36 bits per heavy atom. The standard InChI is InChI=1S/C29H20ClF2N3O/c30-23-12-6-5-11-22(23)28-27(16-20-10-4-7-13-25(20)33-28)35(18-19-8-2-1-3-9-19)29(36)34-26-15-14-21(31)17-24(26)32/h1-17H,18H2,(H,34,36). The van der Waals surface area contributed by atoms with Gasteiger partial charge in [0.15, 0.2) is 0 Å². The minimum absolute atomic E-state index is 0.132. The van der Waals surface area contributed by atoms with E-state index in [1.165, 1.54) is 11.0 Å². The van der Waals surface area contributed by atoms with Crippen LogP contribution >= 0.6 is 11.6 Å². The molecule has 0 atom stereocenters. The molecule has 4 nitrogen and oxygen atoms in total. The number of anilines is 2. The maximum absolute atomic E-state index is 14.4. The average Bonchev–Trinajstić information content (AvgIpc) is 2.89. The third-order valence-corrected chi connectivity index (χ3v) is 6.05. The summed E-state index contributed by atoms with van der Waals surface area (Å²) in [4.78, 5) is 20.0. The lowest BCUT2D eigenvalue weighted by molar-refractivity contribution is 0.256. The number of carbonyl (C=O) groups is 1. The largest absolute Gasteiger partial charge is 0.326 e. The second-order valence-corrected chi connectivity index (χ2v) is 8.56. The van der Waals surface area contributed by atoms with Gasteiger partial charge in [0.25, 0.3) is 0 Å². The third kappa shape index (κ3) is 4.90. The number of aromatic nitrogens is 1. The van der Waals surface area contributed by atoms with Crippen molar-refractivity contribution in [3.63, 3.8) is 0 Å². The fourth-order valence-electron chi connectivity index (χ4n) is 3.97. The molecule has 0 saturated heterocycles. The van der Waals surface area contributed by atoms with Crippen molar-refractivity contribution in [2.45, 2.75) is 6.54 Å². The quantitative estimate of drug-likeness (QED) is 0.266. The van der Waals surface area contributed by atoms with Gasteiger partial charge in [-0.3, -0.25) is 4.90 Å². The highest BCUT2D eigenvalue weighted by Crippen LogP contribution is 2.37.